The highest BCUT2D eigenvalue weighted by atomic mass is 32.2. The van der Waals surface area contributed by atoms with Gasteiger partial charge in [0.2, 0.25) is 0 Å². The van der Waals surface area contributed by atoms with Crippen LogP contribution in [-0.2, 0) is 4.74 Å². The molecule has 1 N–H and O–H groups in total. The minimum absolute atomic E-state index is 0.773. The lowest BCUT2D eigenvalue weighted by atomic mass is 9.91. The Bertz CT molecular complexity index is 206. The first-order valence-electron chi connectivity index (χ1n) is 7.24. The van der Waals surface area contributed by atoms with Crippen molar-refractivity contribution in [3.63, 3.8) is 0 Å². The van der Waals surface area contributed by atoms with Gasteiger partial charge in [0.25, 0.3) is 0 Å². The molecular formula is C14H27NOS. The average molecular weight is 257 g/mol. The number of thioether (sulfide) groups is 1. The van der Waals surface area contributed by atoms with E-state index in [1.54, 1.807) is 0 Å². The second-order valence-electron chi connectivity index (χ2n) is 5.70. The molecule has 3 heteroatoms. The van der Waals surface area contributed by atoms with Crippen molar-refractivity contribution < 1.29 is 4.74 Å². The van der Waals surface area contributed by atoms with Gasteiger partial charge in [-0.2, -0.15) is 11.8 Å². The lowest BCUT2D eigenvalue weighted by Gasteiger charge is -2.26. The summed E-state index contributed by atoms with van der Waals surface area (Å²) in [5.74, 6) is 3.02. The van der Waals surface area contributed by atoms with Crippen LogP contribution in [0.4, 0.5) is 0 Å². The monoisotopic (exact) mass is 257 g/mol. The van der Waals surface area contributed by atoms with Crippen LogP contribution in [0.2, 0.25) is 0 Å². The van der Waals surface area contributed by atoms with Gasteiger partial charge in [-0.05, 0) is 31.1 Å². The Balaban J connectivity index is 1.45. The standard InChI is InChI=1S/C14H27NOS/c1-12-3-2-4-14(9-12)17-8-6-15-10-13-5-7-16-11-13/h12-15H,2-11H2,1H3. The van der Waals surface area contributed by atoms with E-state index >= 15 is 0 Å². The number of hydrogen-bond donors (Lipinski definition) is 1. The van der Waals surface area contributed by atoms with Gasteiger partial charge < -0.3 is 10.1 Å². The topological polar surface area (TPSA) is 21.3 Å². The van der Waals surface area contributed by atoms with Gasteiger partial charge >= 0.3 is 0 Å². The predicted octanol–water partition coefficient (Wildman–Crippen LogP) is 2.92. The Labute approximate surface area is 110 Å². The fourth-order valence-corrected chi connectivity index (χ4v) is 4.27. The fourth-order valence-electron chi connectivity index (χ4n) is 2.88. The van der Waals surface area contributed by atoms with Crippen LogP contribution in [0.25, 0.3) is 0 Å². The molecule has 1 aliphatic carbocycles. The Morgan fingerprint density at radius 1 is 1.29 bits per heavy atom. The van der Waals surface area contributed by atoms with Crippen molar-refractivity contribution in [2.24, 2.45) is 11.8 Å². The van der Waals surface area contributed by atoms with Crippen LogP contribution in [0.1, 0.15) is 39.0 Å². The van der Waals surface area contributed by atoms with Crippen LogP contribution in [-0.4, -0.2) is 37.3 Å². The maximum absolute atomic E-state index is 5.38. The summed E-state index contributed by atoms with van der Waals surface area (Å²) in [6.45, 7) is 6.68. The summed E-state index contributed by atoms with van der Waals surface area (Å²) in [5.41, 5.74) is 0. The zero-order valence-electron chi connectivity index (χ0n) is 11.1. The second-order valence-corrected chi connectivity index (χ2v) is 7.11. The van der Waals surface area contributed by atoms with Crippen LogP contribution in [0.15, 0.2) is 0 Å². The average Bonchev–Trinajstić information content (AvgIpc) is 2.82. The summed E-state index contributed by atoms with van der Waals surface area (Å²) in [6.07, 6.45) is 7.05. The Morgan fingerprint density at radius 2 is 2.24 bits per heavy atom. The van der Waals surface area contributed by atoms with Gasteiger partial charge in [-0.15, -0.1) is 0 Å². The zero-order valence-corrected chi connectivity index (χ0v) is 11.9. The first-order chi connectivity index (χ1) is 8.34. The normalized spacial score (nSPS) is 34.1. The SMILES string of the molecule is CC1CCCC(SCCNCC2CCOC2)C1. The highest BCUT2D eigenvalue weighted by molar-refractivity contribution is 7.99. The molecule has 2 fully saturated rings. The molecule has 3 atom stereocenters. The van der Waals surface area contributed by atoms with Crippen molar-refractivity contribution in [1.29, 1.82) is 0 Å². The second kappa shape index (κ2) is 7.65. The molecule has 0 radical (unpaired) electrons. The molecule has 0 spiro atoms. The van der Waals surface area contributed by atoms with Gasteiger partial charge in [0.15, 0.2) is 0 Å². The van der Waals surface area contributed by atoms with E-state index in [9.17, 15) is 0 Å². The Hall–Kier alpha value is 0.270. The molecule has 0 aromatic rings. The summed E-state index contributed by atoms with van der Waals surface area (Å²) in [7, 11) is 0. The largest absolute Gasteiger partial charge is 0.381 e. The quantitative estimate of drug-likeness (QED) is 0.739. The molecule has 3 unspecified atom stereocenters. The molecule has 100 valence electrons. The summed E-state index contributed by atoms with van der Waals surface area (Å²) in [4.78, 5) is 0. The molecule has 0 aromatic carbocycles. The molecule has 0 amide bonds. The van der Waals surface area contributed by atoms with Crippen LogP contribution in [0, 0.1) is 11.8 Å². The fraction of sp³-hybridized carbons (Fsp3) is 1.00. The molecule has 0 aromatic heterocycles. The first-order valence-corrected chi connectivity index (χ1v) is 8.29. The number of rotatable bonds is 6. The summed E-state index contributed by atoms with van der Waals surface area (Å²) < 4.78 is 5.38. The highest BCUT2D eigenvalue weighted by Gasteiger charge is 2.19. The summed E-state index contributed by atoms with van der Waals surface area (Å²) in [5, 5.41) is 4.52. The molecule has 1 heterocycles. The molecule has 2 nitrogen and oxygen atoms in total. The van der Waals surface area contributed by atoms with Crippen LogP contribution in [0.3, 0.4) is 0 Å². The van der Waals surface area contributed by atoms with E-state index in [2.05, 4.69) is 24.0 Å². The van der Waals surface area contributed by atoms with Crippen molar-refractivity contribution in [1.82, 2.24) is 5.32 Å². The Morgan fingerprint density at radius 3 is 3.00 bits per heavy atom. The third-order valence-electron chi connectivity index (χ3n) is 3.98. The van der Waals surface area contributed by atoms with E-state index in [0.717, 1.165) is 36.8 Å². The van der Waals surface area contributed by atoms with Crippen molar-refractivity contribution in [2.75, 3.05) is 32.1 Å². The van der Waals surface area contributed by atoms with Crippen LogP contribution >= 0.6 is 11.8 Å². The minimum atomic E-state index is 0.773. The molecule has 17 heavy (non-hydrogen) atoms. The summed E-state index contributed by atoms with van der Waals surface area (Å²) in [6, 6.07) is 0. The van der Waals surface area contributed by atoms with Gasteiger partial charge in [-0.25, -0.2) is 0 Å². The van der Waals surface area contributed by atoms with Gasteiger partial charge in [0.1, 0.15) is 0 Å². The molecular weight excluding hydrogens is 230 g/mol. The molecule has 2 aliphatic rings. The van der Waals surface area contributed by atoms with E-state index in [4.69, 9.17) is 4.74 Å². The molecule has 0 bridgehead atoms. The third-order valence-corrected chi connectivity index (χ3v) is 5.32. The van der Waals surface area contributed by atoms with Gasteiger partial charge in [-0.3, -0.25) is 0 Å². The number of nitrogens with one attached hydrogen (secondary N) is 1. The van der Waals surface area contributed by atoms with E-state index in [-0.39, 0.29) is 0 Å². The smallest absolute Gasteiger partial charge is 0.0507 e. The van der Waals surface area contributed by atoms with Gasteiger partial charge in [0, 0.05) is 30.7 Å². The molecule has 1 aliphatic heterocycles. The number of ether oxygens (including phenoxy) is 1. The predicted molar refractivity (Wildman–Crippen MR) is 75.7 cm³/mol. The van der Waals surface area contributed by atoms with Gasteiger partial charge in [-0.1, -0.05) is 19.8 Å². The third kappa shape index (κ3) is 5.19. The molecule has 2 rings (SSSR count). The van der Waals surface area contributed by atoms with Crippen molar-refractivity contribution >= 4 is 11.8 Å². The maximum Gasteiger partial charge on any atom is 0.0507 e. The zero-order chi connectivity index (χ0) is 11.9. The van der Waals surface area contributed by atoms with Crippen LogP contribution in [0.5, 0.6) is 0 Å². The van der Waals surface area contributed by atoms with Crippen molar-refractivity contribution in [3.05, 3.63) is 0 Å². The first kappa shape index (κ1) is 13.7. The lowest BCUT2D eigenvalue weighted by Crippen LogP contribution is -2.26. The maximum atomic E-state index is 5.38. The van der Waals surface area contributed by atoms with E-state index in [1.807, 2.05) is 0 Å². The molecule has 1 saturated heterocycles. The Kier molecular flexibility index (Phi) is 6.16. The van der Waals surface area contributed by atoms with Crippen molar-refractivity contribution in [3.8, 4) is 0 Å². The highest BCUT2D eigenvalue weighted by Crippen LogP contribution is 2.31. The van der Waals surface area contributed by atoms with Gasteiger partial charge in [0.05, 0.1) is 6.61 Å². The summed E-state index contributed by atoms with van der Waals surface area (Å²) >= 11 is 2.19. The van der Waals surface area contributed by atoms with E-state index < -0.39 is 0 Å². The molecule has 1 saturated carbocycles. The van der Waals surface area contributed by atoms with Crippen LogP contribution < -0.4 is 5.32 Å². The van der Waals surface area contributed by atoms with E-state index in [0.29, 0.717) is 0 Å². The minimum Gasteiger partial charge on any atom is -0.381 e. The van der Waals surface area contributed by atoms with Crippen molar-refractivity contribution in [2.45, 2.75) is 44.3 Å². The van der Waals surface area contributed by atoms with E-state index in [1.165, 1.54) is 44.4 Å². The number of hydrogen-bond acceptors (Lipinski definition) is 3. The lowest BCUT2D eigenvalue weighted by molar-refractivity contribution is 0.185.